The van der Waals surface area contributed by atoms with Crippen molar-refractivity contribution in [3.8, 4) is 39.5 Å². The van der Waals surface area contributed by atoms with Gasteiger partial charge in [-0.15, -0.1) is 0 Å². The number of nitrogens with zero attached hydrogens (tertiary/aromatic N) is 3. The lowest BCUT2D eigenvalue weighted by Gasteiger charge is -2.11. The molecule has 224 valence electrons. The number of furan rings is 1. The molecule has 0 spiro atoms. The number of benzene rings is 7. The third kappa shape index (κ3) is 4.10. The molecule has 0 N–H and O–H groups in total. The standard InChI is InChI=1S/C44H27N3O/c1-4-14-28(15-5-1)34-26-37-40(27-35(34)29-16-6-2-7-17-29)48-43-41(30-18-8-3-9-19-30)45-44(46-42(37)43)47-38-23-13-12-22-33(38)36-24-31-20-10-11-21-32(31)25-39(36)47/h1-27H. The number of aromatic nitrogens is 3. The normalized spacial score (nSPS) is 11.8. The lowest BCUT2D eigenvalue weighted by molar-refractivity contribution is 0.667. The van der Waals surface area contributed by atoms with Crippen LogP contribution in [0.25, 0.3) is 94.1 Å². The first-order chi connectivity index (χ1) is 23.8. The predicted octanol–water partition coefficient (Wildman–Crippen LogP) is 11.6. The van der Waals surface area contributed by atoms with E-state index in [9.17, 15) is 0 Å². The lowest BCUT2D eigenvalue weighted by atomic mass is 9.93. The smallest absolute Gasteiger partial charge is 0.236 e. The minimum Gasteiger partial charge on any atom is -0.452 e. The molecule has 0 aliphatic heterocycles. The van der Waals surface area contributed by atoms with E-state index in [-0.39, 0.29) is 0 Å². The highest BCUT2D eigenvalue weighted by molar-refractivity contribution is 6.14. The highest BCUT2D eigenvalue weighted by Crippen LogP contribution is 2.42. The Bertz CT molecular complexity index is 2820. The van der Waals surface area contributed by atoms with Crippen molar-refractivity contribution in [2.45, 2.75) is 0 Å². The Morgan fingerprint density at radius 2 is 1.02 bits per heavy atom. The summed E-state index contributed by atoms with van der Waals surface area (Å²) >= 11 is 0. The molecule has 10 aromatic rings. The van der Waals surface area contributed by atoms with Crippen LogP contribution in [-0.4, -0.2) is 14.5 Å². The van der Waals surface area contributed by atoms with E-state index in [1.54, 1.807) is 0 Å². The molecule has 0 atom stereocenters. The fourth-order valence-corrected chi connectivity index (χ4v) is 7.15. The van der Waals surface area contributed by atoms with Crippen LogP contribution in [0.4, 0.5) is 0 Å². The molecule has 7 aromatic carbocycles. The summed E-state index contributed by atoms with van der Waals surface area (Å²) in [4.78, 5) is 10.7. The van der Waals surface area contributed by atoms with Crippen LogP contribution in [0.5, 0.6) is 0 Å². The molecule has 4 heteroatoms. The summed E-state index contributed by atoms with van der Waals surface area (Å²) < 4.78 is 8.97. The third-order valence-electron chi connectivity index (χ3n) is 9.40. The second-order valence-corrected chi connectivity index (χ2v) is 12.2. The van der Waals surface area contributed by atoms with Gasteiger partial charge < -0.3 is 4.42 Å². The van der Waals surface area contributed by atoms with Gasteiger partial charge in [0.15, 0.2) is 5.58 Å². The van der Waals surface area contributed by atoms with Crippen LogP contribution < -0.4 is 0 Å². The topological polar surface area (TPSA) is 43.9 Å². The van der Waals surface area contributed by atoms with Crippen molar-refractivity contribution in [1.82, 2.24) is 14.5 Å². The summed E-state index contributed by atoms with van der Waals surface area (Å²) in [6.45, 7) is 0. The van der Waals surface area contributed by atoms with Gasteiger partial charge in [0.05, 0.1) is 11.0 Å². The Kier molecular flexibility index (Phi) is 5.84. The second kappa shape index (κ2) is 10.5. The van der Waals surface area contributed by atoms with E-state index in [0.717, 1.165) is 61.0 Å². The molecule has 3 aromatic heterocycles. The molecule has 0 saturated heterocycles. The van der Waals surface area contributed by atoms with Crippen molar-refractivity contribution >= 4 is 54.6 Å². The number of para-hydroxylation sites is 1. The van der Waals surface area contributed by atoms with Crippen LogP contribution >= 0.6 is 0 Å². The number of hydrogen-bond donors (Lipinski definition) is 0. The van der Waals surface area contributed by atoms with Crippen LogP contribution in [0.3, 0.4) is 0 Å². The second-order valence-electron chi connectivity index (χ2n) is 12.2. The van der Waals surface area contributed by atoms with E-state index < -0.39 is 0 Å². The predicted molar refractivity (Wildman–Crippen MR) is 197 cm³/mol. The van der Waals surface area contributed by atoms with Gasteiger partial charge in [0.1, 0.15) is 16.8 Å². The number of fused-ring (bicyclic) bond motifs is 7. The molecule has 0 amide bonds. The van der Waals surface area contributed by atoms with Crippen LogP contribution in [0.15, 0.2) is 168 Å². The quantitative estimate of drug-likeness (QED) is 0.198. The van der Waals surface area contributed by atoms with Gasteiger partial charge in [-0.2, -0.15) is 0 Å². The molecule has 0 unspecified atom stereocenters. The molecule has 48 heavy (non-hydrogen) atoms. The van der Waals surface area contributed by atoms with Gasteiger partial charge in [-0.1, -0.05) is 133 Å². The van der Waals surface area contributed by atoms with E-state index in [1.807, 2.05) is 24.3 Å². The maximum Gasteiger partial charge on any atom is 0.236 e. The zero-order valence-electron chi connectivity index (χ0n) is 25.8. The monoisotopic (exact) mass is 613 g/mol. The minimum absolute atomic E-state index is 0.610. The van der Waals surface area contributed by atoms with E-state index in [0.29, 0.717) is 11.5 Å². The average molecular weight is 614 g/mol. The Morgan fingerprint density at radius 1 is 0.438 bits per heavy atom. The summed E-state index contributed by atoms with van der Waals surface area (Å²) in [5.41, 5.74) is 10.6. The van der Waals surface area contributed by atoms with E-state index in [1.165, 1.54) is 21.5 Å². The van der Waals surface area contributed by atoms with Crippen molar-refractivity contribution in [3.05, 3.63) is 164 Å². The molecule has 0 bridgehead atoms. The average Bonchev–Trinajstić information content (AvgIpc) is 3.68. The van der Waals surface area contributed by atoms with Gasteiger partial charge in [-0.25, -0.2) is 9.97 Å². The zero-order valence-corrected chi connectivity index (χ0v) is 25.8. The molecule has 4 nitrogen and oxygen atoms in total. The number of hydrogen-bond acceptors (Lipinski definition) is 3. The van der Waals surface area contributed by atoms with Gasteiger partial charge in [0, 0.05) is 21.7 Å². The molecule has 0 aliphatic carbocycles. The van der Waals surface area contributed by atoms with E-state index >= 15 is 0 Å². The van der Waals surface area contributed by atoms with E-state index in [2.05, 4.69) is 144 Å². The SMILES string of the molecule is c1ccc(-c2cc3oc4c(-c5ccccc5)nc(-n5c6ccccc6c6cc7ccccc7cc65)nc4c3cc2-c2ccccc2)cc1. The van der Waals surface area contributed by atoms with Crippen molar-refractivity contribution < 1.29 is 4.42 Å². The lowest BCUT2D eigenvalue weighted by Crippen LogP contribution is -2.02. The molecule has 0 aliphatic rings. The summed E-state index contributed by atoms with van der Waals surface area (Å²) in [5.74, 6) is 0.610. The minimum atomic E-state index is 0.610. The molecule has 3 heterocycles. The molecule has 10 rings (SSSR count). The molecular weight excluding hydrogens is 587 g/mol. The van der Waals surface area contributed by atoms with Gasteiger partial charge in [-0.3, -0.25) is 4.57 Å². The first-order valence-electron chi connectivity index (χ1n) is 16.2. The van der Waals surface area contributed by atoms with Gasteiger partial charge in [0.2, 0.25) is 5.95 Å². The zero-order chi connectivity index (χ0) is 31.6. The highest BCUT2D eigenvalue weighted by atomic mass is 16.3. The Morgan fingerprint density at radius 3 is 1.73 bits per heavy atom. The molecule has 0 saturated carbocycles. The van der Waals surface area contributed by atoms with Crippen LogP contribution in [0.1, 0.15) is 0 Å². The largest absolute Gasteiger partial charge is 0.452 e. The van der Waals surface area contributed by atoms with Crippen LogP contribution in [-0.2, 0) is 0 Å². The van der Waals surface area contributed by atoms with Gasteiger partial charge in [0.25, 0.3) is 0 Å². The van der Waals surface area contributed by atoms with Crippen LogP contribution in [0.2, 0.25) is 0 Å². The van der Waals surface area contributed by atoms with Gasteiger partial charge in [-0.05, 0) is 63.4 Å². The fraction of sp³-hybridized carbons (Fsp3) is 0. The fourth-order valence-electron chi connectivity index (χ4n) is 7.15. The van der Waals surface area contributed by atoms with Crippen molar-refractivity contribution in [2.24, 2.45) is 0 Å². The Labute approximate surface area is 276 Å². The van der Waals surface area contributed by atoms with Crippen molar-refractivity contribution in [2.75, 3.05) is 0 Å². The summed E-state index contributed by atoms with van der Waals surface area (Å²) in [6.07, 6.45) is 0. The maximum absolute atomic E-state index is 6.76. The first-order valence-corrected chi connectivity index (χ1v) is 16.2. The van der Waals surface area contributed by atoms with E-state index in [4.69, 9.17) is 14.4 Å². The first kappa shape index (κ1) is 26.7. The van der Waals surface area contributed by atoms with Gasteiger partial charge >= 0.3 is 0 Å². The number of rotatable bonds is 4. The Hall–Kier alpha value is -6.52. The summed E-state index contributed by atoms with van der Waals surface area (Å²) in [6, 6.07) is 57.3. The Balaban J connectivity index is 1.33. The van der Waals surface area contributed by atoms with Crippen LogP contribution in [0, 0.1) is 0 Å². The molecule has 0 fully saturated rings. The highest BCUT2D eigenvalue weighted by Gasteiger charge is 2.23. The molecule has 0 radical (unpaired) electrons. The summed E-state index contributed by atoms with van der Waals surface area (Å²) in [7, 11) is 0. The summed E-state index contributed by atoms with van der Waals surface area (Å²) in [5, 5.41) is 5.67. The third-order valence-corrected chi connectivity index (χ3v) is 9.40. The van der Waals surface area contributed by atoms with Crippen molar-refractivity contribution in [3.63, 3.8) is 0 Å². The maximum atomic E-state index is 6.76. The molecular formula is C44H27N3O. The van der Waals surface area contributed by atoms with Crippen molar-refractivity contribution in [1.29, 1.82) is 0 Å².